The van der Waals surface area contributed by atoms with Gasteiger partial charge in [-0.2, -0.15) is 0 Å². The Kier molecular flexibility index (Phi) is 14.5. The summed E-state index contributed by atoms with van der Waals surface area (Å²) in [6, 6.07) is -0.385. The number of hydrogen-bond donors (Lipinski definition) is 0. The first-order valence-electron chi connectivity index (χ1n) is 19.8. The third-order valence-corrected chi connectivity index (χ3v) is 12.4. The van der Waals surface area contributed by atoms with Gasteiger partial charge in [-0.05, 0) is 141 Å². The molecule has 3 fully saturated rings. The zero-order valence-corrected chi connectivity index (χ0v) is 34.4. The van der Waals surface area contributed by atoms with Crippen LogP contribution in [0.1, 0.15) is 166 Å². The molecule has 3 saturated carbocycles. The first kappa shape index (κ1) is 44.1. The highest BCUT2D eigenvalue weighted by molar-refractivity contribution is 6.12. The molecule has 3 rings (SSSR count). The monoisotopic (exact) mass is 732 g/mol. The van der Waals surface area contributed by atoms with Gasteiger partial charge in [0.2, 0.25) is 12.2 Å². The number of aliphatic imine (C=N–C) groups is 2. The molecule has 0 saturated heterocycles. The van der Waals surface area contributed by atoms with Crippen LogP contribution in [0.5, 0.6) is 0 Å². The van der Waals surface area contributed by atoms with Crippen molar-refractivity contribution in [2.75, 3.05) is 0 Å². The van der Waals surface area contributed by atoms with Gasteiger partial charge in [-0.15, -0.1) is 4.79 Å². The largest absolute Gasteiger partial charge is 0.567 e. The Morgan fingerprint density at radius 1 is 0.698 bits per heavy atom. The number of ketones is 3. The summed E-state index contributed by atoms with van der Waals surface area (Å²) in [5.41, 5.74) is -0.504. The van der Waals surface area contributed by atoms with Crippen LogP contribution in [0.2, 0.25) is 0 Å². The van der Waals surface area contributed by atoms with Crippen LogP contribution in [-0.4, -0.2) is 53.9 Å². The summed E-state index contributed by atoms with van der Waals surface area (Å²) in [5, 5.41) is 0. The van der Waals surface area contributed by atoms with Gasteiger partial charge in [0.1, 0.15) is 5.78 Å². The Hall–Kier alpha value is -3.33. The topological polar surface area (TPSA) is 141 Å². The van der Waals surface area contributed by atoms with Gasteiger partial charge in [0, 0.05) is 11.1 Å². The molecule has 0 heterocycles. The summed E-state index contributed by atoms with van der Waals surface area (Å²) >= 11 is 0. The van der Waals surface area contributed by atoms with Gasteiger partial charge in [-0.25, -0.2) is 19.6 Å². The zero-order valence-electron chi connectivity index (χ0n) is 34.4. The Bertz CT molecular complexity index is 1600. The summed E-state index contributed by atoms with van der Waals surface area (Å²) < 4.78 is 3.77. The average Bonchev–Trinajstić information content (AvgIpc) is 2.97. The number of hydrogen-bond acceptors (Lipinski definition) is 8. The lowest BCUT2D eigenvalue weighted by molar-refractivity contribution is -0.133. The van der Waals surface area contributed by atoms with Crippen molar-refractivity contribution in [1.29, 1.82) is 0 Å². The number of isocyanates is 3. The van der Waals surface area contributed by atoms with Crippen LogP contribution < -0.4 is 4.67 Å². The summed E-state index contributed by atoms with van der Waals surface area (Å²) in [6.07, 6.45) is 18.4. The van der Waals surface area contributed by atoms with Crippen molar-refractivity contribution in [1.82, 2.24) is 4.67 Å². The minimum atomic E-state index is -0.929. The number of rotatable bonds is 16. The van der Waals surface area contributed by atoms with Crippen LogP contribution >= 0.6 is 0 Å². The molecule has 0 amide bonds. The van der Waals surface area contributed by atoms with Gasteiger partial charge in [-0.3, -0.25) is 14.4 Å². The van der Waals surface area contributed by atoms with Crippen molar-refractivity contribution in [3.05, 3.63) is 11.6 Å². The van der Waals surface area contributed by atoms with Crippen molar-refractivity contribution in [3.8, 4) is 0 Å². The first-order valence-corrected chi connectivity index (χ1v) is 19.8. The molecule has 7 unspecified atom stereocenters. The number of carbonyl (C=O) groups excluding carboxylic acids is 6. The highest BCUT2D eigenvalue weighted by atomic mass is 16.2. The highest BCUT2D eigenvalue weighted by Crippen LogP contribution is 2.53. The molecule has 0 spiro atoms. The maximum Gasteiger partial charge on any atom is 0.567 e. The second kappa shape index (κ2) is 17.4. The van der Waals surface area contributed by atoms with Gasteiger partial charge in [0.05, 0.1) is 23.9 Å². The quantitative estimate of drug-likeness (QED) is 0.0511. The third kappa shape index (κ3) is 13.5. The minimum absolute atomic E-state index is 0.0498. The smallest absolute Gasteiger partial charge is 0.299 e. The fourth-order valence-corrected chi connectivity index (χ4v) is 11.9. The number of carbonyl (C=O) groups is 3. The molecule has 0 bridgehead atoms. The normalized spacial score (nSPS) is 32.4. The van der Waals surface area contributed by atoms with Crippen LogP contribution in [0.3, 0.4) is 0 Å². The maximum absolute atomic E-state index is 14.8. The van der Waals surface area contributed by atoms with E-state index in [1.807, 2.05) is 0 Å². The molecule has 9 nitrogen and oxygen atoms in total. The van der Waals surface area contributed by atoms with Crippen LogP contribution in [0.25, 0.3) is 0 Å². The maximum atomic E-state index is 14.8. The summed E-state index contributed by atoms with van der Waals surface area (Å²) in [7, 11) is 0. The molecule has 3 aliphatic rings. The van der Waals surface area contributed by atoms with E-state index in [1.165, 1.54) is 13.0 Å². The Morgan fingerprint density at radius 2 is 1.21 bits per heavy atom. The molecule has 7 atom stereocenters. The second-order valence-corrected chi connectivity index (χ2v) is 20.8. The predicted molar refractivity (Wildman–Crippen MR) is 208 cm³/mol. The average molecular weight is 733 g/mol. The molecule has 3 aliphatic carbocycles. The van der Waals surface area contributed by atoms with E-state index in [1.54, 1.807) is 24.5 Å². The molecule has 292 valence electrons. The van der Waals surface area contributed by atoms with E-state index in [-0.39, 0.29) is 68.8 Å². The van der Waals surface area contributed by atoms with Gasteiger partial charge < -0.3 is 0 Å². The van der Waals surface area contributed by atoms with Gasteiger partial charge in [-0.1, -0.05) is 62.3 Å². The second-order valence-electron chi connectivity index (χ2n) is 20.8. The lowest BCUT2D eigenvalue weighted by atomic mass is 9.58. The van der Waals surface area contributed by atoms with E-state index in [9.17, 15) is 28.8 Å². The standard InChI is InChI=1S/C44H66N3O6/c1-31(51)16-33(13-15-43(9)21-34(46-29-49)19-40(4,5)26-43)38(53)36(23-44(10)22-35(47-30-50)20-41(6,7)27-44)37(52)12-11-14-42(8)18-32(24-45-28-48)17-39(2,3)25-42/h16,24,32,34-36H,11-15,17-23,25-27H2,1-10H3/q+1/b33-16-. The lowest BCUT2D eigenvalue weighted by Crippen LogP contribution is -2.41. The lowest BCUT2D eigenvalue weighted by Gasteiger charge is -2.46. The molecule has 0 aromatic carbocycles. The number of allylic oxidation sites excluding steroid dienone is 2. The van der Waals surface area contributed by atoms with Gasteiger partial charge in [0.15, 0.2) is 11.6 Å². The van der Waals surface area contributed by atoms with E-state index < -0.39 is 11.3 Å². The Morgan fingerprint density at radius 3 is 1.74 bits per heavy atom. The van der Waals surface area contributed by atoms with E-state index in [2.05, 4.69) is 77.0 Å². The van der Waals surface area contributed by atoms with Crippen LogP contribution in [0.4, 0.5) is 0 Å². The van der Waals surface area contributed by atoms with E-state index in [0.29, 0.717) is 44.1 Å². The van der Waals surface area contributed by atoms with E-state index >= 15 is 0 Å². The van der Waals surface area contributed by atoms with Crippen LogP contribution in [0.15, 0.2) is 21.6 Å². The molecule has 0 aliphatic heterocycles. The summed E-state index contributed by atoms with van der Waals surface area (Å²) in [4.78, 5) is 83.5. The van der Waals surface area contributed by atoms with Crippen molar-refractivity contribution in [2.45, 2.75) is 178 Å². The predicted octanol–water partition coefficient (Wildman–Crippen LogP) is 8.74. The molecular formula is C44H66N3O6+. The minimum Gasteiger partial charge on any atom is -0.299 e. The van der Waals surface area contributed by atoms with Crippen LogP contribution in [-0.2, 0) is 28.8 Å². The van der Waals surface area contributed by atoms with E-state index in [0.717, 1.165) is 51.4 Å². The fourth-order valence-electron chi connectivity index (χ4n) is 11.9. The Labute approximate surface area is 318 Å². The van der Waals surface area contributed by atoms with Gasteiger partial charge in [0.25, 0.3) is 6.21 Å². The number of Topliss-reactive ketones (excluding diaryl/α,β-unsaturated/α-hetero) is 2. The zero-order chi connectivity index (χ0) is 39.9. The molecule has 0 aromatic rings. The van der Waals surface area contributed by atoms with E-state index in [4.69, 9.17) is 0 Å². The molecule has 0 N–H and O–H groups in total. The molecule has 9 heteroatoms. The van der Waals surface area contributed by atoms with Crippen molar-refractivity contribution >= 4 is 41.8 Å². The molecule has 0 radical (unpaired) electrons. The first-order chi connectivity index (χ1) is 24.4. The number of nitrogens with zero attached hydrogens (tertiary/aromatic N) is 3. The van der Waals surface area contributed by atoms with Crippen molar-refractivity contribution in [3.63, 3.8) is 0 Å². The van der Waals surface area contributed by atoms with Crippen molar-refractivity contribution < 1.29 is 28.8 Å². The Balaban J connectivity index is 1.93. The van der Waals surface area contributed by atoms with Crippen LogP contribution in [0, 0.1) is 44.3 Å². The molecular weight excluding hydrogens is 666 g/mol. The summed E-state index contributed by atoms with van der Waals surface area (Å²) in [6.45, 7) is 21.0. The molecule has 0 aromatic heterocycles. The third-order valence-electron chi connectivity index (χ3n) is 12.4. The highest BCUT2D eigenvalue weighted by Gasteiger charge is 2.47. The fraction of sp³-hybridized carbons (Fsp3) is 0.795. The molecule has 53 heavy (non-hydrogen) atoms. The summed E-state index contributed by atoms with van der Waals surface area (Å²) in [5.74, 6) is -1.40. The van der Waals surface area contributed by atoms with Gasteiger partial charge >= 0.3 is 6.08 Å². The SMILES string of the molecule is CC(=O)/C=C(/CCC1(C)CC(N=C=O)CC(C)(C)C1)C(=O)C(CC1(C)CC(N=C=O)CC(C)(C)C1)C(=O)CCCC1(C)CC(C=[N+]=C=O)CC(C)(C)C1. The van der Waals surface area contributed by atoms with Crippen molar-refractivity contribution in [2.24, 2.45) is 54.3 Å².